The second-order valence-corrected chi connectivity index (χ2v) is 4.15. The quantitative estimate of drug-likeness (QED) is 0.717. The van der Waals surface area contributed by atoms with E-state index in [-0.39, 0.29) is 0 Å². The molecule has 17 heavy (non-hydrogen) atoms. The summed E-state index contributed by atoms with van der Waals surface area (Å²) < 4.78 is 5.48. The maximum Gasteiger partial charge on any atom is 0.232 e. The van der Waals surface area contributed by atoms with Gasteiger partial charge in [0.2, 0.25) is 5.88 Å². The highest BCUT2D eigenvalue weighted by Gasteiger charge is 2.09. The Hall–Kier alpha value is -1.49. The Morgan fingerprint density at radius 3 is 2.71 bits per heavy atom. The molecular weight excluding hydrogens is 218 g/mol. The van der Waals surface area contributed by atoms with Gasteiger partial charge in [-0.15, -0.1) is 0 Å². The van der Waals surface area contributed by atoms with Crippen molar-refractivity contribution in [3.05, 3.63) is 18.1 Å². The number of likely N-dealkylation sites (tertiary alicyclic amines) is 1. The van der Waals surface area contributed by atoms with Gasteiger partial charge in [-0.1, -0.05) is 6.42 Å². The van der Waals surface area contributed by atoms with Crippen LogP contribution in [-0.4, -0.2) is 47.4 Å². The number of rotatable bonds is 5. The predicted octanol–water partition coefficient (Wildman–Crippen LogP) is 1.15. The highest BCUT2D eigenvalue weighted by atomic mass is 16.5. The van der Waals surface area contributed by atoms with Crippen molar-refractivity contribution in [2.45, 2.75) is 19.3 Å². The van der Waals surface area contributed by atoms with E-state index in [1.54, 1.807) is 0 Å². The number of hydrogen-bond donors (Lipinski definition) is 0. The summed E-state index contributed by atoms with van der Waals surface area (Å²) in [5.41, 5.74) is 0.327. The van der Waals surface area contributed by atoms with E-state index in [9.17, 15) is 4.79 Å². The number of ether oxygens (including phenoxy) is 1. The van der Waals surface area contributed by atoms with Gasteiger partial charge in [0.1, 0.15) is 12.3 Å². The maximum atomic E-state index is 10.4. The zero-order valence-corrected chi connectivity index (χ0v) is 9.84. The fourth-order valence-electron chi connectivity index (χ4n) is 1.92. The molecule has 0 aromatic carbocycles. The third kappa shape index (κ3) is 3.78. The van der Waals surface area contributed by atoms with Gasteiger partial charge >= 0.3 is 0 Å². The van der Waals surface area contributed by atoms with Crippen molar-refractivity contribution >= 4 is 6.29 Å². The van der Waals surface area contributed by atoms with Crippen LogP contribution in [0.2, 0.25) is 0 Å². The molecular formula is C12H17N3O2. The van der Waals surface area contributed by atoms with Crippen LogP contribution in [0.1, 0.15) is 29.8 Å². The maximum absolute atomic E-state index is 10.4. The predicted molar refractivity (Wildman–Crippen MR) is 63.2 cm³/mol. The first-order valence-corrected chi connectivity index (χ1v) is 6.01. The first-order chi connectivity index (χ1) is 8.38. The van der Waals surface area contributed by atoms with E-state index in [0.29, 0.717) is 24.5 Å². The molecule has 0 saturated carbocycles. The molecule has 0 spiro atoms. The van der Waals surface area contributed by atoms with Crippen LogP contribution in [0.15, 0.2) is 12.4 Å². The zero-order valence-electron chi connectivity index (χ0n) is 9.84. The van der Waals surface area contributed by atoms with Gasteiger partial charge in [0.05, 0.1) is 12.4 Å². The van der Waals surface area contributed by atoms with Crippen LogP contribution >= 0.6 is 0 Å². The molecule has 1 saturated heterocycles. The minimum absolute atomic E-state index is 0.327. The molecule has 1 aromatic heterocycles. The molecule has 1 fully saturated rings. The van der Waals surface area contributed by atoms with Crippen molar-refractivity contribution in [3.63, 3.8) is 0 Å². The minimum atomic E-state index is 0.327. The fraction of sp³-hybridized carbons (Fsp3) is 0.583. The smallest absolute Gasteiger partial charge is 0.232 e. The number of piperidine rings is 1. The molecule has 0 bridgehead atoms. The molecule has 5 heteroatoms. The summed E-state index contributed by atoms with van der Waals surface area (Å²) in [6.07, 6.45) is 7.49. The van der Waals surface area contributed by atoms with Crippen molar-refractivity contribution < 1.29 is 9.53 Å². The lowest BCUT2D eigenvalue weighted by molar-refractivity contribution is 0.111. The SMILES string of the molecule is O=Cc1cnc(OCCN2CCCCC2)cn1. The molecule has 5 nitrogen and oxygen atoms in total. The molecule has 2 rings (SSSR count). The van der Waals surface area contributed by atoms with Gasteiger partial charge in [0, 0.05) is 6.54 Å². The van der Waals surface area contributed by atoms with Crippen molar-refractivity contribution in [1.82, 2.24) is 14.9 Å². The van der Waals surface area contributed by atoms with E-state index in [4.69, 9.17) is 4.74 Å². The van der Waals surface area contributed by atoms with Crippen LogP contribution in [0.3, 0.4) is 0 Å². The van der Waals surface area contributed by atoms with Gasteiger partial charge in [0.15, 0.2) is 6.29 Å². The van der Waals surface area contributed by atoms with E-state index < -0.39 is 0 Å². The van der Waals surface area contributed by atoms with Gasteiger partial charge in [-0.25, -0.2) is 9.97 Å². The number of aromatic nitrogens is 2. The van der Waals surface area contributed by atoms with Crippen molar-refractivity contribution in [1.29, 1.82) is 0 Å². The van der Waals surface area contributed by atoms with E-state index >= 15 is 0 Å². The van der Waals surface area contributed by atoms with Gasteiger partial charge < -0.3 is 4.74 Å². The Bertz CT molecular complexity index is 347. The largest absolute Gasteiger partial charge is 0.475 e. The van der Waals surface area contributed by atoms with Gasteiger partial charge in [-0.2, -0.15) is 0 Å². The summed E-state index contributed by atoms with van der Waals surface area (Å²) in [4.78, 5) is 20.7. The average molecular weight is 235 g/mol. The molecule has 0 unspecified atom stereocenters. The highest BCUT2D eigenvalue weighted by molar-refractivity contribution is 5.70. The molecule has 2 heterocycles. The van der Waals surface area contributed by atoms with Crippen LogP contribution in [0.25, 0.3) is 0 Å². The van der Waals surface area contributed by atoms with Crippen LogP contribution < -0.4 is 4.74 Å². The first-order valence-electron chi connectivity index (χ1n) is 6.01. The summed E-state index contributed by atoms with van der Waals surface area (Å²) in [5, 5.41) is 0. The lowest BCUT2D eigenvalue weighted by Gasteiger charge is -2.25. The molecule has 1 aliphatic rings. The second-order valence-electron chi connectivity index (χ2n) is 4.15. The van der Waals surface area contributed by atoms with E-state index in [1.807, 2.05) is 0 Å². The molecule has 0 amide bonds. The molecule has 0 N–H and O–H groups in total. The highest BCUT2D eigenvalue weighted by Crippen LogP contribution is 2.08. The van der Waals surface area contributed by atoms with Crippen molar-refractivity contribution in [2.75, 3.05) is 26.2 Å². The van der Waals surface area contributed by atoms with E-state index in [0.717, 1.165) is 6.54 Å². The number of carbonyl (C=O) groups is 1. The third-order valence-electron chi connectivity index (χ3n) is 2.88. The molecule has 1 aliphatic heterocycles. The molecule has 0 radical (unpaired) electrons. The van der Waals surface area contributed by atoms with Crippen molar-refractivity contribution in [2.24, 2.45) is 0 Å². The summed E-state index contributed by atoms with van der Waals surface area (Å²) in [6.45, 7) is 3.88. The topological polar surface area (TPSA) is 55.3 Å². The minimum Gasteiger partial charge on any atom is -0.475 e. The Kier molecular flexibility index (Phi) is 4.44. The van der Waals surface area contributed by atoms with Crippen LogP contribution in [0.5, 0.6) is 5.88 Å². The number of nitrogens with zero attached hydrogens (tertiary/aromatic N) is 3. The standard InChI is InChI=1S/C12H17N3O2/c16-10-11-8-14-12(9-13-11)17-7-6-15-4-2-1-3-5-15/h8-10H,1-7H2. The lowest BCUT2D eigenvalue weighted by Crippen LogP contribution is -2.33. The summed E-state index contributed by atoms with van der Waals surface area (Å²) >= 11 is 0. The number of carbonyl (C=O) groups excluding carboxylic acids is 1. The van der Waals surface area contributed by atoms with E-state index in [2.05, 4.69) is 14.9 Å². The zero-order chi connectivity index (χ0) is 11.9. The normalized spacial score (nSPS) is 16.7. The Balaban J connectivity index is 1.71. The summed E-state index contributed by atoms with van der Waals surface area (Å²) in [6, 6.07) is 0. The molecule has 0 aliphatic carbocycles. The van der Waals surface area contributed by atoms with Crippen molar-refractivity contribution in [3.8, 4) is 5.88 Å². The average Bonchev–Trinajstić information content (AvgIpc) is 2.41. The number of aldehydes is 1. The van der Waals surface area contributed by atoms with Gasteiger partial charge in [-0.05, 0) is 25.9 Å². The van der Waals surface area contributed by atoms with Gasteiger partial charge in [0.25, 0.3) is 0 Å². The second kappa shape index (κ2) is 6.30. The molecule has 92 valence electrons. The summed E-state index contributed by atoms with van der Waals surface area (Å²) in [7, 11) is 0. The van der Waals surface area contributed by atoms with E-state index in [1.165, 1.54) is 44.7 Å². The van der Waals surface area contributed by atoms with Crippen LogP contribution in [0, 0.1) is 0 Å². The third-order valence-corrected chi connectivity index (χ3v) is 2.88. The molecule has 1 aromatic rings. The van der Waals surface area contributed by atoms with Crippen LogP contribution in [0.4, 0.5) is 0 Å². The van der Waals surface area contributed by atoms with Crippen LogP contribution in [-0.2, 0) is 0 Å². The fourth-order valence-corrected chi connectivity index (χ4v) is 1.92. The summed E-state index contributed by atoms with van der Waals surface area (Å²) in [5.74, 6) is 0.479. The lowest BCUT2D eigenvalue weighted by atomic mass is 10.1. The van der Waals surface area contributed by atoms with Gasteiger partial charge in [-0.3, -0.25) is 9.69 Å². The Morgan fingerprint density at radius 1 is 1.24 bits per heavy atom. The monoisotopic (exact) mass is 235 g/mol. The Labute approximate surface area is 101 Å². The first kappa shape index (κ1) is 12.0. The number of hydrogen-bond acceptors (Lipinski definition) is 5. The Morgan fingerprint density at radius 2 is 2.06 bits per heavy atom. The molecule has 0 atom stereocenters.